The predicted octanol–water partition coefficient (Wildman–Crippen LogP) is 3.58. The number of hydrogen-bond donors (Lipinski definition) is 1. The summed E-state index contributed by atoms with van der Waals surface area (Å²) in [6, 6.07) is 10.6. The molecule has 2 aromatic rings. The smallest absolute Gasteiger partial charge is 0.243 e. The third-order valence-corrected chi connectivity index (χ3v) is 6.20. The van der Waals surface area contributed by atoms with Crippen molar-refractivity contribution in [1.29, 1.82) is 0 Å². The molecule has 1 aromatic heterocycles. The van der Waals surface area contributed by atoms with Crippen molar-refractivity contribution < 1.29 is 8.42 Å². The molecule has 0 radical (unpaired) electrons. The first-order valence-corrected chi connectivity index (χ1v) is 9.10. The number of pyridine rings is 1. The number of nitrogens with one attached hydrogen (secondary N) is 1. The number of nitrogens with zero attached hydrogens (tertiary/aromatic N) is 1. The van der Waals surface area contributed by atoms with Crippen molar-refractivity contribution in [2.24, 2.45) is 0 Å². The lowest BCUT2D eigenvalue weighted by Crippen LogP contribution is -2.30. The fraction of sp³-hybridized carbons (Fsp3) is 0.312. The van der Waals surface area contributed by atoms with E-state index in [1.54, 1.807) is 22.5 Å². The van der Waals surface area contributed by atoms with Crippen LogP contribution in [0.2, 0.25) is 0 Å². The molecule has 3 rings (SSSR count). The van der Waals surface area contributed by atoms with Gasteiger partial charge in [0.1, 0.15) is 4.64 Å². The van der Waals surface area contributed by atoms with Crippen LogP contribution in [0, 0.1) is 11.6 Å². The summed E-state index contributed by atoms with van der Waals surface area (Å²) in [7, 11) is -3.47. The molecular formula is C16H18N2O2S2. The number of rotatable bonds is 3. The first-order valence-electron chi connectivity index (χ1n) is 7.25. The van der Waals surface area contributed by atoms with Gasteiger partial charge < -0.3 is 4.98 Å². The zero-order chi connectivity index (χ0) is 15.7. The van der Waals surface area contributed by atoms with Crippen molar-refractivity contribution in [3.05, 3.63) is 58.4 Å². The summed E-state index contributed by atoms with van der Waals surface area (Å²) in [6.45, 7) is 2.50. The third kappa shape index (κ3) is 2.86. The lowest BCUT2D eigenvalue weighted by molar-refractivity contribution is 0.396. The minimum Gasteiger partial charge on any atom is -0.353 e. The fourth-order valence-electron chi connectivity index (χ4n) is 2.84. The normalized spacial score (nSPS) is 19.4. The van der Waals surface area contributed by atoms with Crippen LogP contribution in [0.1, 0.15) is 30.0 Å². The summed E-state index contributed by atoms with van der Waals surface area (Å²) in [6.07, 6.45) is 3.51. The summed E-state index contributed by atoms with van der Waals surface area (Å²) in [5.74, 6) is 0. The van der Waals surface area contributed by atoms with Crippen LogP contribution in [0.25, 0.3) is 0 Å². The molecule has 0 saturated carbocycles. The summed E-state index contributed by atoms with van der Waals surface area (Å²) >= 11 is 5.05. The summed E-state index contributed by atoms with van der Waals surface area (Å²) < 4.78 is 28.0. The molecule has 1 saturated heterocycles. The molecule has 1 aliphatic rings. The second-order valence-corrected chi connectivity index (χ2v) is 7.90. The van der Waals surface area contributed by atoms with Gasteiger partial charge in [0, 0.05) is 12.7 Å². The Labute approximate surface area is 135 Å². The maximum Gasteiger partial charge on any atom is 0.243 e. The van der Waals surface area contributed by atoms with E-state index in [2.05, 4.69) is 4.98 Å². The zero-order valence-electron chi connectivity index (χ0n) is 12.3. The van der Waals surface area contributed by atoms with Crippen LogP contribution >= 0.6 is 12.2 Å². The molecule has 0 aliphatic carbocycles. The third-order valence-electron chi connectivity index (χ3n) is 4.02. The van der Waals surface area contributed by atoms with E-state index in [4.69, 9.17) is 12.2 Å². The van der Waals surface area contributed by atoms with Gasteiger partial charge in [-0.3, -0.25) is 0 Å². The molecule has 0 amide bonds. The van der Waals surface area contributed by atoms with Crippen LogP contribution in [0.5, 0.6) is 0 Å². The molecule has 0 spiro atoms. The number of aromatic amines is 1. The van der Waals surface area contributed by atoms with Crippen LogP contribution in [0.4, 0.5) is 0 Å². The quantitative estimate of drug-likeness (QED) is 0.873. The monoisotopic (exact) mass is 334 g/mol. The molecular weight excluding hydrogens is 316 g/mol. The van der Waals surface area contributed by atoms with Gasteiger partial charge in [-0.15, -0.1) is 0 Å². The molecule has 1 unspecified atom stereocenters. The van der Waals surface area contributed by atoms with Gasteiger partial charge in [-0.1, -0.05) is 36.0 Å². The Hall–Kier alpha value is -1.50. The van der Waals surface area contributed by atoms with E-state index >= 15 is 0 Å². The first kappa shape index (κ1) is 15.4. The Bertz CT molecular complexity index is 805. The van der Waals surface area contributed by atoms with E-state index in [9.17, 15) is 8.42 Å². The van der Waals surface area contributed by atoms with Crippen molar-refractivity contribution in [2.75, 3.05) is 6.54 Å². The minimum atomic E-state index is -3.47. The zero-order valence-corrected chi connectivity index (χ0v) is 14.0. The Kier molecular flexibility index (Phi) is 4.16. The topological polar surface area (TPSA) is 53.2 Å². The number of H-pyrrole nitrogens is 1. The van der Waals surface area contributed by atoms with Crippen molar-refractivity contribution in [3.8, 4) is 0 Å². The second kappa shape index (κ2) is 5.95. The molecule has 1 aliphatic heterocycles. The molecule has 0 bridgehead atoms. The van der Waals surface area contributed by atoms with Crippen LogP contribution in [-0.2, 0) is 10.0 Å². The van der Waals surface area contributed by atoms with Gasteiger partial charge in [-0.2, -0.15) is 4.31 Å². The molecule has 1 atom stereocenters. The van der Waals surface area contributed by atoms with Crippen LogP contribution in [-0.4, -0.2) is 24.3 Å². The molecule has 22 heavy (non-hydrogen) atoms. The molecule has 1 fully saturated rings. The largest absolute Gasteiger partial charge is 0.353 e. The second-order valence-electron chi connectivity index (χ2n) is 5.57. The maximum absolute atomic E-state index is 12.9. The number of sulfonamides is 1. The lowest BCUT2D eigenvalue weighted by atomic mass is 10.1. The van der Waals surface area contributed by atoms with E-state index < -0.39 is 10.0 Å². The molecule has 116 valence electrons. The average Bonchev–Trinajstić information content (AvgIpc) is 2.99. The van der Waals surface area contributed by atoms with Gasteiger partial charge in [-0.05, 0) is 43.5 Å². The fourth-order valence-corrected chi connectivity index (χ4v) is 4.65. The SMILES string of the molecule is Cc1ccc(S(=O)(=O)N2CCCC2c2ccc(=S)[nH]c2)cc1. The Morgan fingerprint density at radius 2 is 1.91 bits per heavy atom. The minimum absolute atomic E-state index is 0.127. The molecule has 2 heterocycles. The summed E-state index contributed by atoms with van der Waals surface area (Å²) in [5, 5.41) is 0. The van der Waals surface area contributed by atoms with Gasteiger partial charge in [0.15, 0.2) is 0 Å². The van der Waals surface area contributed by atoms with Crippen molar-refractivity contribution in [2.45, 2.75) is 30.7 Å². The molecule has 1 N–H and O–H groups in total. The standard InChI is InChI=1S/C16H18N2O2S2/c1-12-4-7-14(8-5-12)22(19,20)18-10-2-3-15(18)13-6-9-16(21)17-11-13/h4-9,11,15H,2-3,10H2,1H3,(H,17,21). The number of aromatic nitrogens is 1. The van der Waals surface area contributed by atoms with Gasteiger partial charge in [0.2, 0.25) is 10.0 Å². The lowest BCUT2D eigenvalue weighted by Gasteiger charge is -2.24. The van der Waals surface area contributed by atoms with Crippen LogP contribution < -0.4 is 0 Å². The van der Waals surface area contributed by atoms with Crippen molar-refractivity contribution >= 4 is 22.2 Å². The first-order chi connectivity index (χ1) is 10.5. The average molecular weight is 334 g/mol. The van der Waals surface area contributed by atoms with Gasteiger partial charge >= 0.3 is 0 Å². The van der Waals surface area contributed by atoms with Crippen molar-refractivity contribution in [1.82, 2.24) is 9.29 Å². The highest BCUT2D eigenvalue weighted by atomic mass is 32.2. The number of aryl methyl sites for hydroxylation is 1. The predicted molar refractivity (Wildman–Crippen MR) is 88.7 cm³/mol. The van der Waals surface area contributed by atoms with Crippen LogP contribution in [0.15, 0.2) is 47.5 Å². The van der Waals surface area contributed by atoms with Gasteiger partial charge in [0.05, 0.1) is 10.9 Å². The number of hydrogen-bond acceptors (Lipinski definition) is 3. The van der Waals surface area contributed by atoms with Crippen molar-refractivity contribution in [3.63, 3.8) is 0 Å². The Morgan fingerprint density at radius 1 is 1.18 bits per heavy atom. The van der Waals surface area contributed by atoms with Gasteiger partial charge in [0.25, 0.3) is 0 Å². The Balaban J connectivity index is 1.97. The maximum atomic E-state index is 12.9. The molecule has 6 heteroatoms. The van der Waals surface area contributed by atoms with E-state index in [0.717, 1.165) is 24.0 Å². The molecule has 1 aromatic carbocycles. The highest BCUT2D eigenvalue weighted by Gasteiger charge is 2.36. The van der Waals surface area contributed by atoms with Crippen LogP contribution in [0.3, 0.4) is 0 Å². The van der Waals surface area contributed by atoms with Gasteiger partial charge in [-0.25, -0.2) is 8.42 Å². The van der Waals surface area contributed by atoms with E-state index in [0.29, 0.717) is 16.1 Å². The van der Waals surface area contributed by atoms with E-state index in [1.165, 1.54) is 0 Å². The number of benzene rings is 1. The highest BCUT2D eigenvalue weighted by molar-refractivity contribution is 7.89. The summed E-state index contributed by atoms with van der Waals surface area (Å²) in [4.78, 5) is 3.34. The van der Waals surface area contributed by atoms with E-state index in [-0.39, 0.29) is 6.04 Å². The molecule has 4 nitrogen and oxygen atoms in total. The van der Waals surface area contributed by atoms with E-state index in [1.807, 2.05) is 31.3 Å². The highest BCUT2D eigenvalue weighted by Crippen LogP contribution is 2.36. The summed E-state index contributed by atoms with van der Waals surface area (Å²) in [5.41, 5.74) is 2.01. The Morgan fingerprint density at radius 3 is 2.55 bits per heavy atom.